The van der Waals surface area contributed by atoms with Crippen LogP contribution in [0.3, 0.4) is 0 Å². The van der Waals surface area contributed by atoms with Gasteiger partial charge in [0.25, 0.3) is 5.91 Å². The van der Waals surface area contributed by atoms with Gasteiger partial charge in [-0.15, -0.1) is 12.4 Å². The van der Waals surface area contributed by atoms with Crippen LogP contribution in [0.25, 0.3) is 0 Å². The van der Waals surface area contributed by atoms with Gasteiger partial charge < -0.3 is 10.2 Å². The first-order chi connectivity index (χ1) is 10.8. The Bertz CT molecular complexity index is 518. The summed E-state index contributed by atoms with van der Waals surface area (Å²) in [5.74, 6) is 0.00365. The molecule has 126 valence electrons. The minimum Gasteiger partial charge on any atom is -0.312 e. The molecule has 1 aromatic heterocycles. The summed E-state index contributed by atoms with van der Waals surface area (Å²) in [6.45, 7) is 2.88. The molecule has 7 heteroatoms. The van der Waals surface area contributed by atoms with Crippen LogP contribution in [0.2, 0.25) is 0 Å². The van der Waals surface area contributed by atoms with Crippen molar-refractivity contribution in [3.05, 3.63) is 30.1 Å². The van der Waals surface area contributed by atoms with Crippen molar-refractivity contribution in [2.24, 2.45) is 0 Å². The molecule has 2 saturated heterocycles. The molecule has 3 heterocycles. The van der Waals surface area contributed by atoms with E-state index < -0.39 is 0 Å². The number of hydrogen-bond donors (Lipinski definition) is 1. The standard InChI is InChI=1S/C16H22N4O2.ClH/c21-15-14-7-5-11-19(14)16(22)20(15)10-4-3-8-17-12-13-6-1-2-9-18-13;/h1-2,6,9,14,17H,3-5,7-8,10-12H2;1H. The molecular weight excluding hydrogens is 316 g/mol. The second-order valence-electron chi connectivity index (χ2n) is 5.83. The van der Waals surface area contributed by atoms with Crippen molar-refractivity contribution in [1.29, 1.82) is 0 Å². The van der Waals surface area contributed by atoms with E-state index in [2.05, 4.69) is 10.3 Å². The van der Waals surface area contributed by atoms with Crippen LogP contribution in [0.15, 0.2) is 24.4 Å². The largest absolute Gasteiger partial charge is 0.327 e. The van der Waals surface area contributed by atoms with E-state index in [1.165, 1.54) is 4.90 Å². The molecule has 2 aliphatic heterocycles. The number of urea groups is 1. The van der Waals surface area contributed by atoms with Gasteiger partial charge in [0.15, 0.2) is 0 Å². The molecular formula is C16H23ClN4O2. The second-order valence-corrected chi connectivity index (χ2v) is 5.83. The third-order valence-corrected chi connectivity index (χ3v) is 4.30. The molecule has 1 N–H and O–H groups in total. The zero-order valence-electron chi connectivity index (χ0n) is 13.1. The number of rotatable bonds is 7. The van der Waals surface area contributed by atoms with Crippen molar-refractivity contribution >= 4 is 24.3 Å². The van der Waals surface area contributed by atoms with Crippen molar-refractivity contribution in [3.63, 3.8) is 0 Å². The zero-order chi connectivity index (χ0) is 15.4. The molecule has 6 nitrogen and oxygen atoms in total. The highest BCUT2D eigenvalue weighted by Crippen LogP contribution is 2.27. The number of fused-ring (bicyclic) bond motifs is 1. The molecule has 1 unspecified atom stereocenters. The fourth-order valence-electron chi connectivity index (χ4n) is 3.13. The summed E-state index contributed by atoms with van der Waals surface area (Å²) in [5.41, 5.74) is 1.02. The molecule has 23 heavy (non-hydrogen) atoms. The number of hydrogen-bond acceptors (Lipinski definition) is 4. The van der Waals surface area contributed by atoms with Crippen molar-refractivity contribution in [2.75, 3.05) is 19.6 Å². The highest BCUT2D eigenvalue weighted by molar-refractivity contribution is 6.04. The Labute approximate surface area is 142 Å². The van der Waals surface area contributed by atoms with Crippen LogP contribution < -0.4 is 5.32 Å². The van der Waals surface area contributed by atoms with Gasteiger partial charge in [0.05, 0.1) is 5.69 Å². The average Bonchev–Trinajstić information content (AvgIpc) is 3.10. The predicted molar refractivity (Wildman–Crippen MR) is 89.3 cm³/mol. The summed E-state index contributed by atoms with van der Waals surface area (Å²) < 4.78 is 0. The van der Waals surface area contributed by atoms with E-state index in [9.17, 15) is 9.59 Å². The van der Waals surface area contributed by atoms with E-state index in [0.717, 1.165) is 51.0 Å². The first-order valence-corrected chi connectivity index (χ1v) is 8.00. The number of halogens is 1. The van der Waals surface area contributed by atoms with Crippen LogP contribution in [0.4, 0.5) is 4.79 Å². The molecule has 1 aromatic rings. The summed E-state index contributed by atoms with van der Waals surface area (Å²) >= 11 is 0. The van der Waals surface area contributed by atoms with Gasteiger partial charge in [0.1, 0.15) is 6.04 Å². The molecule has 3 amide bonds. The molecule has 3 rings (SSSR count). The molecule has 2 aliphatic rings. The fourth-order valence-corrected chi connectivity index (χ4v) is 3.13. The van der Waals surface area contributed by atoms with Gasteiger partial charge in [-0.25, -0.2) is 4.79 Å². The van der Waals surface area contributed by atoms with Crippen LogP contribution in [0.5, 0.6) is 0 Å². The smallest absolute Gasteiger partial charge is 0.312 e. The lowest BCUT2D eigenvalue weighted by molar-refractivity contribution is -0.128. The van der Waals surface area contributed by atoms with Crippen LogP contribution in [0, 0.1) is 0 Å². The molecule has 0 aliphatic carbocycles. The lowest BCUT2D eigenvalue weighted by Crippen LogP contribution is -2.34. The number of pyridine rings is 1. The molecule has 0 radical (unpaired) electrons. The SMILES string of the molecule is Cl.O=C1C2CCCN2C(=O)N1CCCCNCc1ccccn1. The highest BCUT2D eigenvalue weighted by atomic mass is 35.5. The molecule has 0 saturated carbocycles. The summed E-state index contributed by atoms with van der Waals surface area (Å²) in [5, 5.41) is 3.33. The van der Waals surface area contributed by atoms with Crippen LogP contribution in [-0.4, -0.2) is 52.4 Å². The van der Waals surface area contributed by atoms with Crippen LogP contribution in [-0.2, 0) is 11.3 Å². The number of nitrogens with one attached hydrogen (secondary N) is 1. The van der Waals surface area contributed by atoms with Gasteiger partial charge >= 0.3 is 6.03 Å². The monoisotopic (exact) mass is 338 g/mol. The van der Waals surface area contributed by atoms with E-state index in [-0.39, 0.29) is 30.4 Å². The summed E-state index contributed by atoms with van der Waals surface area (Å²) in [7, 11) is 0. The van der Waals surface area contributed by atoms with Gasteiger partial charge in [0, 0.05) is 25.8 Å². The third-order valence-electron chi connectivity index (χ3n) is 4.30. The summed E-state index contributed by atoms with van der Waals surface area (Å²) in [6.07, 6.45) is 5.34. The first-order valence-electron chi connectivity index (χ1n) is 8.00. The Kier molecular flexibility index (Phi) is 6.36. The highest BCUT2D eigenvalue weighted by Gasteiger charge is 2.46. The van der Waals surface area contributed by atoms with Crippen LogP contribution >= 0.6 is 12.4 Å². The van der Waals surface area contributed by atoms with E-state index in [4.69, 9.17) is 0 Å². The van der Waals surface area contributed by atoms with Gasteiger partial charge in [-0.2, -0.15) is 0 Å². The van der Waals surface area contributed by atoms with E-state index in [1.807, 2.05) is 18.2 Å². The third kappa shape index (κ3) is 4.00. The van der Waals surface area contributed by atoms with Gasteiger partial charge in [0.2, 0.25) is 0 Å². The minimum absolute atomic E-state index is 0. The van der Waals surface area contributed by atoms with Crippen molar-refractivity contribution in [2.45, 2.75) is 38.3 Å². The Balaban J connectivity index is 0.00000192. The predicted octanol–water partition coefficient (Wildman–Crippen LogP) is 1.80. The lowest BCUT2D eigenvalue weighted by atomic mass is 10.2. The Morgan fingerprint density at radius 3 is 2.87 bits per heavy atom. The average molecular weight is 339 g/mol. The number of aromatic nitrogens is 1. The number of imide groups is 1. The summed E-state index contributed by atoms with van der Waals surface area (Å²) in [4.78, 5) is 31.7. The topological polar surface area (TPSA) is 65.5 Å². The molecule has 1 atom stereocenters. The van der Waals surface area contributed by atoms with E-state index in [1.54, 1.807) is 11.1 Å². The molecule has 0 spiro atoms. The van der Waals surface area contributed by atoms with Gasteiger partial charge in [-0.05, 0) is 44.4 Å². The first kappa shape index (κ1) is 17.7. The maximum Gasteiger partial charge on any atom is 0.327 e. The number of nitrogens with zero attached hydrogens (tertiary/aromatic N) is 3. The van der Waals surface area contributed by atoms with Crippen molar-refractivity contribution in [1.82, 2.24) is 20.1 Å². The normalized spacial score (nSPS) is 19.9. The van der Waals surface area contributed by atoms with Gasteiger partial charge in [-0.1, -0.05) is 6.07 Å². The Morgan fingerprint density at radius 1 is 1.26 bits per heavy atom. The number of unbranched alkanes of at least 4 members (excludes halogenated alkanes) is 1. The zero-order valence-corrected chi connectivity index (χ0v) is 13.9. The molecule has 2 fully saturated rings. The van der Waals surface area contributed by atoms with E-state index in [0.29, 0.717) is 6.54 Å². The maximum atomic E-state index is 12.1. The molecule has 0 bridgehead atoms. The second kappa shape index (κ2) is 8.26. The van der Waals surface area contributed by atoms with Crippen molar-refractivity contribution in [3.8, 4) is 0 Å². The van der Waals surface area contributed by atoms with E-state index >= 15 is 0 Å². The number of amides is 3. The Morgan fingerprint density at radius 2 is 2.13 bits per heavy atom. The van der Waals surface area contributed by atoms with Crippen molar-refractivity contribution < 1.29 is 9.59 Å². The fraction of sp³-hybridized carbons (Fsp3) is 0.562. The quantitative estimate of drug-likeness (QED) is 0.608. The Hall–Kier alpha value is -1.66. The summed E-state index contributed by atoms with van der Waals surface area (Å²) in [6, 6.07) is 5.60. The lowest BCUT2D eigenvalue weighted by Gasteiger charge is -2.15. The number of carbonyl (C=O) groups excluding carboxylic acids is 2. The van der Waals surface area contributed by atoms with Crippen LogP contribution in [0.1, 0.15) is 31.4 Å². The minimum atomic E-state index is -0.171. The van der Waals surface area contributed by atoms with Gasteiger partial charge in [-0.3, -0.25) is 14.7 Å². The molecule has 0 aromatic carbocycles. The number of carbonyl (C=O) groups is 2. The maximum absolute atomic E-state index is 12.1.